The van der Waals surface area contributed by atoms with Gasteiger partial charge in [0, 0.05) is 11.6 Å². The SMILES string of the molecule is CCc1ccc(-c2nc(=S)n(C[NH+](C)CC(=O)NC3CC3)[nH]2)cc1. The van der Waals surface area contributed by atoms with Crippen molar-refractivity contribution in [2.45, 2.75) is 38.9 Å². The van der Waals surface area contributed by atoms with Crippen molar-refractivity contribution in [2.24, 2.45) is 0 Å². The molecule has 24 heavy (non-hydrogen) atoms. The maximum atomic E-state index is 11.9. The highest BCUT2D eigenvalue weighted by atomic mass is 32.1. The van der Waals surface area contributed by atoms with Gasteiger partial charge in [-0.05, 0) is 37.0 Å². The maximum Gasteiger partial charge on any atom is 0.275 e. The van der Waals surface area contributed by atoms with Gasteiger partial charge in [0.15, 0.2) is 19.0 Å². The molecule has 0 aliphatic heterocycles. The Morgan fingerprint density at radius 3 is 2.75 bits per heavy atom. The second-order valence-corrected chi connectivity index (χ2v) is 6.83. The van der Waals surface area contributed by atoms with Crippen LogP contribution in [-0.4, -0.2) is 40.3 Å². The number of rotatable bonds is 7. The van der Waals surface area contributed by atoms with Crippen molar-refractivity contribution in [3.63, 3.8) is 0 Å². The number of carbonyl (C=O) groups excluding carboxylic acids is 1. The first-order chi connectivity index (χ1) is 11.5. The van der Waals surface area contributed by atoms with Gasteiger partial charge in [-0.25, -0.2) is 4.68 Å². The van der Waals surface area contributed by atoms with Crippen LogP contribution in [0.4, 0.5) is 0 Å². The summed E-state index contributed by atoms with van der Waals surface area (Å²) in [5, 5.41) is 6.25. The molecule has 1 aliphatic carbocycles. The second-order valence-electron chi connectivity index (χ2n) is 6.47. The summed E-state index contributed by atoms with van der Waals surface area (Å²) >= 11 is 5.34. The molecule has 1 amide bonds. The van der Waals surface area contributed by atoms with Crippen LogP contribution in [0.25, 0.3) is 11.4 Å². The van der Waals surface area contributed by atoms with E-state index in [0.29, 0.717) is 24.0 Å². The molecule has 1 fully saturated rings. The molecule has 1 aromatic heterocycles. The molecule has 3 N–H and O–H groups in total. The number of H-pyrrole nitrogens is 1. The zero-order chi connectivity index (χ0) is 17.1. The van der Waals surface area contributed by atoms with Gasteiger partial charge in [0.25, 0.3) is 5.91 Å². The smallest absolute Gasteiger partial charge is 0.275 e. The number of quaternary nitrogens is 1. The highest BCUT2D eigenvalue weighted by molar-refractivity contribution is 7.71. The first-order valence-electron chi connectivity index (χ1n) is 8.42. The summed E-state index contributed by atoms with van der Waals surface area (Å²) in [6, 6.07) is 8.71. The molecule has 3 rings (SSSR count). The van der Waals surface area contributed by atoms with Crippen molar-refractivity contribution < 1.29 is 9.69 Å². The molecule has 7 heteroatoms. The lowest BCUT2D eigenvalue weighted by molar-refractivity contribution is -0.895. The van der Waals surface area contributed by atoms with Gasteiger partial charge in [-0.1, -0.05) is 31.2 Å². The molecule has 0 bridgehead atoms. The highest BCUT2D eigenvalue weighted by Gasteiger charge is 2.24. The lowest BCUT2D eigenvalue weighted by Crippen LogP contribution is -3.09. The minimum atomic E-state index is 0.0939. The molecule has 1 heterocycles. The fraction of sp³-hybridized carbons (Fsp3) is 0.471. The monoisotopic (exact) mass is 346 g/mol. The van der Waals surface area contributed by atoms with E-state index in [4.69, 9.17) is 12.2 Å². The number of aromatic nitrogens is 3. The van der Waals surface area contributed by atoms with Crippen LogP contribution in [0.1, 0.15) is 25.3 Å². The highest BCUT2D eigenvalue weighted by Crippen LogP contribution is 2.18. The topological polar surface area (TPSA) is 67.2 Å². The van der Waals surface area contributed by atoms with Crippen LogP contribution < -0.4 is 10.2 Å². The van der Waals surface area contributed by atoms with Crippen LogP contribution in [0.5, 0.6) is 0 Å². The van der Waals surface area contributed by atoms with Crippen molar-refractivity contribution in [1.29, 1.82) is 0 Å². The van der Waals surface area contributed by atoms with Gasteiger partial charge in [-0.3, -0.25) is 9.89 Å². The number of aryl methyl sites for hydroxylation is 1. The van der Waals surface area contributed by atoms with Crippen molar-refractivity contribution >= 4 is 18.1 Å². The lowest BCUT2D eigenvalue weighted by Gasteiger charge is -2.13. The Morgan fingerprint density at radius 2 is 2.12 bits per heavy atom. The summed E-state index contributed by atoms with van der Waals surface area (Å²) in [7, 11) is 1.98. The Labute approximate surface area is 146 Å². The van der Waals surface area contributed by atoms with Gasteiger partial charge in [-0.2, -0.15) is 4.98 Å². The molecule has 1 atom stereocenters. The summed E-state index contributed by atoms with van der Waals surface area (Å²) in [5.41, 5.74) is 2.31. The number of likely N-dealkylation sites (N-methyl/N-ethyl adjacent to an activating group) is 1. The van der Waals surface area contributed by atoms with Gasteiger partial charge in [0.2, 0.25) is 4.77 Å². The Morgan fingerprint density at radius 1 is 1.42 bits per heavy atom. The quantitative estimate of drug-likeness (QED) is 0.653. The van der Waals surface area contributed by atoms with Crippen molar-refractivity contribution in [2.75, 3.05) is 13.6 Å². The van der Waals surface area contributed by atoms with Crippen LogP contribution in [0.2, 0.25) is 0 Å². The predicted molar refractivity (Wildman–Crippen MR) is 95.1 cm³/mol. The fourth-order valence-corrected chi connectivity index (χ4v) is 2.80. The molecule has 0 saturated heterocycles. The number of hydrogen-bond acceptors (Lipinski definition) is 3. The summed E-state index contributed by atoms with van der Waals surface area (Å²) in [6.45, 7) is 3.14. The normalized spacial score (nSPS) is 15.2. The van der Waals surface area contributed by atoms with E-state index in [2.05, 4.69) is 46.6 Å². The zero-order valence-electron chi connectivity index (χ0n) is 14.1. The third-order valence-electron chi connectivity index (χ3n) is 4.15. The Hall–Kier alpha value is -1.99. The van der Waals surface area contributed by atoms with E-state index >= 15 is 0 Å². The third-order valence-corrected chi connectivity index (χ3v) is 4.46. The van der Waals surface area contributed by atoms with Gasteiger partial charge >= 0.3 is 0 Å². The number of benzene rings is 1. The van der Waals surface area contributed by atoms with E-state index in [-0.39, 0.29) is 5.91 Å². The molecule has 1 aliphatic rings. The van der Waals surface area contributed by atoms with E-state index in [1.54, 1.807) is 0 Å². The molecule has 2 aromatic rings. The molecule has 1 aromatic carbocycles. The van der Waals surface area contributed by atoms with Crippen LogP contribution >= 0.6 is 12.2 Å². The fourth-order valence-electron chi connectivity index (χ4n) is 2.60. The number of aromatic amines is 1. The molecule has 1 unspecified atom stereocenters. The van der Waals surface area contributed by atoms with E-state index < -0.39 is 0 Å². The Kier molecular flexibility index (Phi) is 5.11. The van der Waals surface area contributed by atoms with Gasteiger partial charge in [0.1, 0.15) is 0 Å². The molecule has 1 saturated carbocycles. The second kappa shape index (κ2) is 7.27. The minimum absolute atomic E-state index is 0.0939. The minimum Gasteiger partial charge on any atom is -0.348 e. The Bertz CT molecular complexity index is 760. The molecular weight excluding hydrogens is 322 g/mol. The maximum absolute atomic E-state index is 11.9. The first kappa shape index (κ1) is 16.9. The molecule has 0 radical (unpaired) electrons. The van der Waals surface area contributed by atoms with E-state index in [1.165, 1.54) is 5.56 Å². The van der Waals surface area contributed by atoms with Crippen LogP contribution in [0.3, 0.4) is 0 Å². The summed E-state index contributed by atoms with van der Waals surface area (Å²) < 4.78 is 2.32. The van der Waals surface area contributed by atoms with Crippen molar-refractivity contribution in [1.82, 2.24) is 20.1 Å². The van der Waals surface area contributed by atoms with E-state index in [1.807, 2.05) is 11.7 Å². The van der Waals surface area contributed by atoms with Crippen LogP contribution in [0, 0.1) is 4.77 Å². The van der Waals surface area contributed by atoms with Crippen molar-refractivity contribution in [3.05, 3.63) is 34.6 Å². The molecule has 128 valence electrons. The summed E-state index contributed by atoms with van der Waals surface area (Å²) in [5.74, 6) is 0.856. The molecule has 6 nitrogen and oxygen atoms in total. The molecule has 0 spiro atoms. The van der Waals surface area contributed by atoms with Crippen LogP contribution in [-0.2, 0) is 17.9 Å². The predicted octanol–water partition coefficient (Wildman–Crippen LogP) is 0.921. The lowest BCUT2D eigenvalue weighted by atomic mass is 10.1. The number of hydrogen-bond donors (Lipinski definition) is 3. The summed E-state index contributed by atoms with van der Waals surface area (Å²) in [6.07, 6.45) is 3.23. The largest absolute Gasteiger partial charge is 0.348 e. The number of nitrogens with zero attached hydrogens (tertiary/aromatic N) is 2. The number of carbonyl (C=O) groups is 1. The van der Waals surface area contributed by atoms with Gasteiger partial charge in [0.05, 0.1) is 7.05 Å². The standard InChI is InChI=1S/C17H23N5OS/c1-3-12-4-6-13(7-5-12)16-19-17(24)22(20-16)11-21(2)10-15(23)18-14-8-9-14/h4-7,14H,3,8-11H2,1-2H3,(H,18,23)(H,19,20,24)/p+1. The van der Waals surface area contributed by atoms with Gasteiger partial charge in [-0.15, -0.1) is 0 Å². The number of nitrogens with one attached hydrogen (secondary N) is 3. The van der Waals surface area contributed by atoms with E-state index in [0.717, 1.165) is 35.6 Å². The Balaban J connectivity index is 1.64. The van der Waals surface area contributed by atoms with E-state index in [9.17, 15) is 4.79 Å². The van der Waals surface area contributed by atoms with Crippen molar-refractivity contribution in [3.8, 4) is 11.4 Å². The average Bonchev–Trinajstić information content (AvgIpc) is 3.29. The zero-order valence-corrected chi connectivity index (χ0v) is 14.9. The van der Waals surface area contributed by atoms with Gasteiger partial charge < -0.3 is 10.2 Å². The molecular formula is C17H24N5OS+. The first-order valence-corrected chi connectivity index (χ1v) is 8.83. The van der Waals surface area contributed by atoms with Crippen LogP contribution in [0.15, 0.2) is 24.3 Å². The number of amides is 1. The average molecular weight is 346 g/mol. The third kappa shape index (κ3) is 4.30. The summed E-state index contributed by atoms with van der Waals surface area (Å²) in [4.78, 5) is 17.4.